The molecule has 2 N–H and O–H groups in total. The van der Waals surface area contributed by atoms with Crippen LogP contribution in [0.2, 0.25) is 0 Å². The molecule has 0 radical (unpaired) electrons. The summed E-state index contributed by atoms with van der Waals surface area (Å²) >= 11 is 0. The second-order valence-corrected chi connectivity index (χ2v) is 5.35. The van der Waals surface area contributed by atoms with Crippen LogP contribution < -0.4 is 5.32 Å². The van der Waals surface area contributed by atoms with E-state index in [2.05, 4.69) is 31.1 Å². The quantitative estimate of drug-likeness (QED) is 0.722. The molecule has 0 aromatic rings. The number of likely N-dealkylation sites (N-methyl/N-ethyl adjacent to an activating group) is 1. The number of aliphatic hydroxyl groups is 1. The van der Waals surface area contributed by atoms with Crippen molar-refractivity contribution in [1.82, 2.24) is 10.2 Å². The Balaban J connectivity index is 2.36. The predicted octanol–water partition coefficient (Wildman–Crippen LogP) is 1.47. The summed E-state index contributed by atoms with van der Waals surface area (Å²) in [6.07, 6.45) is 4.67. The Kier molecular flexibility index (Phi) is 5.73. The summed E-state index contributed by atoms with van der Waals surface area (Å²) in [7, 11) is 2.19. The predicted molar refractivity (Wildman–Crippen MR) is 68.6 cm³/mol. The fourth-order valence-electron chi connectivity index (χ4n) is 2.47. The number of piperidine rings is 1. The van der Waals surface area contributed by atoms with Crippen LogP contribution in [0.25, 0.3) is 0 Å². The standard InChI is InChI=1S/C13H28N2O/c1-4-13(5-2,11-16)10-14-12-7-6-8-15(3)9-12/h12,14,16H,4-11H2,1-3H3. The van der Waals surface area contributed by atoms with Crippen LogP contribution in [0, 0.1) is 5.41 Å². The van der Waals surface area contributed by atoms with Gasteiger partial charge in [0.15, 0.2) is 0 Å². The lowest BCUT2D eigenvalue weighted by atomic mass is 9.83. The fourth-order valence-corrected chi connectivity index (χ4v) is 2.47. The highest BCUT2D eigenvalue weighted by atomic mass is 16.3. The van der Waals surface area contributed by atoms with Crippen LogP contribution in [-0.4, -0.2) is 49.3 Å². The zero-order chi connectivity index (χ0) is 12.0. The van der Waals surface area contributed by atoms with Gasteiger partial charge in [0.2, 0.25) is 0 Å². The average molecular weight is 228 g/mol. The van der Waals surface area contributed by atoms with Crippen molar-refractivity contribution < 1.29 is 5.11 Å². The van der Waals surface area contributed by atoms with Crippen molar-refractivity contribution in [2.24, 2.45) is 5.41 Å². The second kappa shape index (κ2) is 6.58. The van der Waals surface area contributed by atoms with E-state index in [1.165, 1.54) is 19.4 Å². The van der Waals surface area contributed by atoms with Crippen molar-refractivity contribution in [1.29, 1.82) is 0 Å². The molecule has 0 aromatic carbocycles. The second-order valence-electron chi connectivity index (χ2n) is 5.35. The summed E-state index contributed by atoms with van der Waals surface area (Å²) in [6, 6.07) is 0.614. The molecule has 1 saturated heterocycles. The van der Waals surface area contributed by atoms with Crippen LogP contribution in [0.3, 0.4) is 0 Å². The Bertz CT molecular complexity index is 184. The SMILES string of the molecule is CCC(CC)(CO)CNC1CCCN(C)C1. The summed E-state index contributed by atoms with van der Waals surface area (Å²) in [5.41, 5.74) is 0.0933. The van der Waals surface area contributed by atoms with E-state index in [0.717, 1.165) is 25.9 Å². The van der Waals surface area contributed by atoms with Gasteiger partial charge in [0, 0.05) is 31.2 Å². The maximum absolute atomic E-state index is 9.51. The number of likely N-dealkylation sites (tertiary alicyclic amines) is 1. The van der Waals surface area contributed by atoms with E-state index in [-0.39, 0.29) is 5.41 Å². The Hall–Kier alpha value is -0.120. The fraction of sp³-hybridized carbons (Fsp3) is 1.00. The molecule has 1 aliphatic rings. The van der Waals surface area contributed by atoms with Crippen LogP contribution in [0.15, 0.2) is 0 Å². The largest absolute Gasteiger partial charge is 0.396 e. The van der Waals surface area contributed by atoms with Gasteiger partial charge in [-0.05, 0) is 39.3 Å². The third-order valence-corrected chi connectivity index (χ3v) is 4.23. The lowest BCUT2D eigenvalue weighted by Gasteiger charge is -2.35. The molecule has 96 valence electrons. The number of hydrogen-bond donors (Lipinski definition) is 2. The smallest absolute Gasteiger partial charge is 0.0499 e. The van der Waals surface area contributed by atoms with Crippen LogP contribution in [0.4, 0.5) is 0 Å². The van der Waals surface area contributed by atoms with Gasteiger partial charge < -0.3 is 15.3 Å². The first-order chi connectivity index (χ1) is 7.65. The minimum atomic E-state index is 0.0933. The highest BCUT2D eigenvalue weighted by molar-refractivity contribution is 4.83. The molecule has 0 saturated carbocycles. The molecule has 0 bridgehead atoms. The topological polar surface area (TPSA) is 35.5 Å². The summed E-state index contributed by atoms with van der Waals surface area (Å²) < 4.78 is 0. The number of nitrogens with zero attached hydrogens (tertiary/aromatic N) is 1. The lowest BCUT2D eigenvalue weighted by Crippen LogP contribution is -2.48. The van der Waals surface area contributed by atoms with Gasteiger partial charge in [-0.15, -0.1) is 0 Å². The average Bonchev–Trinajstić information content (AvgIpc) is 2.32. The van der Waals surface area contributed by atoms with Gasteiger partial charge in [-0.2, -0.15) is 0 Å². The van der Waals surface area contributed by atoms with Gasteiger partial charge in [-0.25, -0.2) is 0 Å². The van der Waals surface area contributed by atoms with E-state index in [4.69, 9.17) is 0 Å². The number of nitrogens with one attached hydrogen (secondary N) is 1. The van der Waals surface area contributed by atoms with E-state index >= 15 is 0 Å². The zero-order valence-electron chi connectivity index (χ0n) is 11.1. The molecule has 1 unspecified atom stereocenters. The summed E-state index contributed by atoms with van der Waals surface area (Å²) in [6.45, 7) is 7.98. The van der Waals surface area contributed by atoms with Crippen molar-refractivity contribution in [2.75, 3.05) is 33.3 Å². The molecule has 1 heterocycles. The Labute approximate surface area is 100 Å². The van der Waals surface area contributed by atoms with Crippen molar-refractivity contribution in [2.45, 2.75) is 45.6 Å². The molecule has 1 fully saturated rings. The Morgan fingerprint density at radius 3 is 2.56 bits per heavy atom. The lowest BCUT2D eigenvalue weighted by molar-refractivity contribution is 0.103. The van der Waals surface area contributed by atoms with Gasteiger partial charge in [-0.1, -0.05) is 13.8 Å². The monoisotopic (exact) mass is 228 g/mol. The van der Waals surface area contributed by atoms with E-state index in [1.807, 2.05) is 0 Å². The highest BCUT2D eigenvalue weighted by Crippen LogP contribution is 2.25. The molecule has 0 aliphatic carbocycles. The highest BCUT2D eigenvalue weighted by Gasteiger charge is 2.27. The zero-order valence-corrected chi connectivity index (χ0v) is 11.1. The molecule has 0 aromatic heterocycles. The molecular formula is C13H28N2O. The Morgan fingerprint density at radius 2 is 2.06 bits per heavy atom. The van der Waals surface area contributed by atoms with Gasteiger partial charge in [-0.3, -0.25) is 0 Å². The molecule has 1 rings (SSSR count). The third kappa shape index (κ3) is 3.72. The molecule has 1 aliphatic heterocycles. The molecular weight excluding hydrogens is 200 g/mol. The number of hydrogen-bond acceptors (Lipinski definition) is 3. The van der Waals surface area contributed by atoms with Crippen molar-refractivity contribution >= 4 is 0 Å². The number of aliphatic hydroxyl groups excluding tert-OH is 1. The molecule has 16 heavy (non-hydrogen) atoms. The molecule has 1 atom stereocenters. The van der Waals surface area contributed by atoms with E-state index in [1.54, 1.807) is 0 Å². The summed E-state index contributed by atoms with van der Waals surface area (Å²) in [4.78, 5) is 2.39. The van der Waals surface area contributed by atoms with Crippen molar-refractivity contribution in [3.63, 3.8) is 0 Å². The summed E-state index contributed by atoms with van der Waals surface area (Å²) in [5.74, 6) is 0. The van der Waals surface area contributed by atoms with Crippen molar-refractivity contribution in [3.8, 4) is 0 Å². The summed E-state index contributed by atoms with van der Waals surface area (Å²) in [5, 5.41) is 13.2. The normalized spacial score (nSPS) is 23.6. The van der Waals surface area contributed by atoms with E-state index < -0.39 is 0 Å². The maximum Gasteiger partial charge on any atom is 0.0499 e. The van der Waals surface area contributed by atoms with Gasteiger partial charge in [0.25, 0.3) is 0 Å². The first-order valence-corrected chi connectivity index (χ1v) is 6.68. The first-order valence-electron chi connectivity index (χ1n) is 6.68. The van der Waals surface area contributed by atoms with Gasteiger partial charge in [0.05, 0.1) is 0 Å². The van der Waals surface area contributed by atoms with Crippen LogP contribution in [-0.2, 0) is 0 Å². The number of rotatable bonds is 6. The third-order valence-electron chi connectivity index (χ3n) is 4.23. The van der Waals surface area contributed by atoms with E-state index in [0.29, 0.717) is 12.6 Å². The first kappa shape index (κ1) is 13.9. The van der Waals surface area contributed by atoms with Crippen LogP contribution >= 0.6 is 0 Å². The molecule has 0 amide bonds. The minimum absolute atomic E-state index is 0.0933. The van der Waals surface area contributed by atoms with Crippen LogP contribution in [0.5, 0.6) is 0 Å². The van der Waals surface area contributed by atoms with Crippen molar-refractivity contribution in [3.05, 3.63) is 0 Å². The van der Waals surface area contributed by atoms with E-state index in [9.17, 15) is 5.11 Å². The van der Waals surface area contributed by atoms with Crippen LogP contribution in [0.1, 0.15) is 39.5 Å². The van der Waals surface area contributed by atoms with Gasteiger partial charge >= 0.3 is 0 Å². The maximum atomic E-state index is 9.51. The minimum Gasteiger partial charge on any atom is -0.396 e. The van der Waals surface area contributed by atoms with Gasteiger partial charge in [0.1, 0.15) is 0 Å². The molecule has 0 spiro atoms. The molecule has 3 heteroatoms. The Morgan fingerprint density at radius 1 is 1.38 bits per heavy atom. The molecule has 3 nitrogen and oxygen atoms in total.